The predicted molar refractivity (Wildman–Crippen MR) is 109 cm³/mol. The van der Waals surface area contributed by atoms with Crippen molar-refractivity contribution in [1.29, 1.82) is 0 Å². The first-order chi connectivity index (χ1) is 14.5. The fourth-order valence-corrected chi connectivity index (χ4v) is 3.30. The number of methoxy groups -OCH3 is 2. The summed E-state index contributed by atoms with van der Waals surface area (Å²) in [5.41, 5.74) is 5.49. The molecule has 1 fully saturated rings. The van der Waals surface area contributed by atoms with E-state index in [4.69, 9.17) is 19.9 Å². The van der Waals surface area contributed by atoms with Crippen molar-refractivity contribution in [1.82, 2.24) is 15.3 Å². The normalized spacial score (nSPS) is 15.9. The maximum atomic E-state index is 12.9. The van der Waals surface area contributed by atoms with Crippen molar-refractivity contribution in [2.45, 2.75) is 18.9 Å². The molecule has 3 N–H and O–H groups in total. The van der Waals surface area contributed by atoms with E-state index >= 15 is 0 Å². The van der Waals surface area contributed by atoms with Gasteiger partial charge in [-0.05, 0) is 31.0 Å². The molecule has 160 valence electrons. The van der Waals surface area contributed by atoms with Crippen molar-refractivity contribution in [2.75, 3.05) is 38.8 Å². The van der Waals surface area contributed by atoms with Crippen molar-refractivity contribution < 1.29 is 23.8 Å². The van der Waals surface area contributed by atoms with Gasteiger partial charge in [-0.1, -0.05) is 0 Å². The molecule has 1 aliphatic heterocycles. The van der Waals surface area contributed by atoms with Gasteiger partial charge in [0.2, 0.25) is 11.7 Å². The second-order valence-corrected chi connectivity index (χ2v) is 6.77. The van der Waals surface area contributed by atoms with Gasteiger partial charge in [0, 0.05) is 37.1 Å². The van der Waals surface area contributed by atoms with Gasteiger partial charge in [0.15, 0.2) is 18.1 Å². The molecule has 1 aliphatic rings. The summed E-state index contributed by atoms with van der Waals surface area (Å²) in [5, 5.41) is 3.05. The fourth-order valence-electron chi connectivity index (χ4n) is 3.30. The number of benzene rings is 1. The number of hydrogen-bond donors (Lipinski definition) is 2. The highest BCUT2D eigenvalue weighted by Gasteiger charge is 2.25. The molecule has 0 aliphatic carbocycles. The van der Waals surface area contributed by atoms with Crippen LogP contribution in [0.5, 0.6) is 17.2 Å². The van der Waals surface area contributed by atoms with Crippen molar-refractivity contribution in [3.8, 4) is 17.2 Å². The first-order valence-corrected chi connectivity index (χ1v) is 9.51. The summed E-state index contributed by atoms with van der Waals surface area (Å²) in [7, 11) is 2.87. The van der Waals surface area contributed by atoms with Crippen LogP contribution < -0.4 is 30.2 Å². The topological polar surface area (TPSA) is 129 Å². The number of amides is 2. The molecular formula is C20H25N5O5. The third-order valence-electron chi connectivity index (χ3n) is 4.67. The van der Waals surface area contributed by atoms with E-state index in [1.54, 1.807) is 18.5 Å². The highest BCUT2D eigenvalue weighted by atomic mass is 16.5. The number of carbonyl (C=O) groups is 2. The quantitative estimate of drug-likeness (QED) is 0.646. The van der Waals surface area contributed by atoms with E-state index < -0.39 is 5.91 Å². The highest BCUT2D eigenvalue weighted by Crippen LogP contribution is 2.38. The van der Waals surface area contributed by atoms with Crippen LogP contribution in [0.4, 0.5) is 5.95 Å². The van der Waals surface area contributed by atoms with Crippen LogP contribution in [0.3, 0.4) is 0 Å². The average molecular weight is 415 g/mol. The average Bonchev–Trinajstić information content (AvgIpc) is 2.77. The number of primary amides is 1. The molecule has 0 bridgehead atoms. The Labute approximate surface area is 174 Å². The van der Waals surface area contributed by atoms with Crippen LogP contribution in [0.15, 0.2) is 30.6 Å². The number of anilines is 1. The Balaban J connectivity index is 1.73. The number of aromatic nitrogens is 2. The Kier molecular flexibility index (Phi) is 6.89. The van der Waals surface area contributed by atoms with Crippen LogP contribution in [0, 0.1) is 0 Å². The van der Waals surface area contributed by atoms with Crippen LogP contribution >= 0.6 is 0 Å². The molecular weight excluding hydrogens is 390 g/mol. The molecule has 10 nitrogen and oxygen atoms in total. The molecule has 2 amide bonds. The largest absolute Gasteiger partial charge is 0.493 e. The molecule has 1 aromatic heterocycles. The smallest absolute Gasteiger partial charge is 0.255 e. The molecule has 2 heterocycles. The molecule has 0 saturated carbocycles. The minimum atomic E-state index is -0.634. The Morgan fingerprint density at radius 1 is 1.20 bits per heavy atom. The lowest BCUT2D eigenvalue weighted by molar-refractivity contribution is -0.120. The first kappa shape index (κ1) is 21.2. The monoisotopic (exact) mass is 415 g/mol. The molecule has 1 atom stereocenters. The first-order valence-electron chi connectivity index (χ1n) is 9.51. The molecule has 1 aromatic carbocycles. The summed E-state index contributed by atoms with van der Waals surface area (Å²) >= 11 is 0. The Hall–Kier alpha value is -3.56. The van der Waals surface area contributed by atoms with Crippen LogP contribution in [-0.2, 0) is 4.79 Å². The SMILES string of the molecule is COc1cc(C(=O)NC2CCCN(c3ncccn3)C2)cc(OC)c1OCC(N)=O. The second kappa shape index (κ2) is 9.77. The van der Waals surface area contributed by atoms with Crippen molar-refractivity contribution >= 4 is 17.8 Å². The van der Waals surface area contributed by atoms with E-state index in [-0.39, 0.29) is 35.8 Å². The van der Waals surface area contributed by atoms with E-state index in [1.807, 2.05) is 0 Å². The number of piperidine rings is 1. The van der Waals surface area contributed by atoms with Gasteiger partial charge < -0.3 is 30.2 Å². The predicted octanol–water partition coefficient (Wildman–Crippen LogP) is 0.757. The van der Waals surface area contributed by atoms with Gasteiger partial charge in [-0.3, -0.25) is 9.59 Å². The number of nitrogens with two attached hydrogens (primary N) is 1. The molecule has 3 rings (SSSR count). The van der Waals surface area contributed by atoms with E-state index in [0.717, 1.165) is 19.4 Å². The van der Waals surface area contributed by atoms with Gasteiger partial charge in [0.05, 0.1) is 14.2 Å². The third kappa shape index (κ3) is 5.07. The summed E-state index contributed by atoms with van der Waals surface area (Å²) in [4.78, 5) is 34.5. The van der Waals surface area contributed by atoms with Crippen molar-refractivity contribution in [3.63, 3.8) is 0 Å². The van der Waals surface area contributed by atoms with Crippen molar-refractivity contribution in [3.05, 3.63) is 36.2 Å². The minimum absolute atomic E-state index is 0.0576. The molecule has 1 unspecified atom stereocenters. The fraction of sp³-hybridized carbons (Fsp3) is 0.400. The zero-order valence-corrected chi connectivity index (χ0v) is 17.0. The van der Waals surface area contributed by atoms with Crippen LogP contribution in [0.25, 0.3) is 0 Å². The number of nitrogens with one attached hydrogen (secondary N) is 1. The highest BCUT2D eigenvalue weighted by molar-refractivity contribution is 5.96. The molecule has 30 heavy (non-hydrogen) atoms. The van der Waals surface area contributed by atoms with Crippen LogP contribution in [0.1, 0.15) is 23.2 Å². The summed E-state index contributed by atoms with van der Waals surface area (Å²) in [6, 6.07) is 4.78. The lowest BCUT2D eigenvalue weighted by Crippen LogP contribution is -2.48. The molecule has 0 spiro atoms. The molecule has 2 aromatic rings. The maximum absolute atomic E-state index is 12.9. The van der Waals surface area contributed by atoms with E-state index in [0.29, 0.717) is 18.1 Å². The Morgan fingerprint density at radius 2 is 1.87 bits per heavy atom. The van der Waals surface area contributed by atoms with Gasteiger partial charge in [0.1, 0.15) is 0 Å². The summed E-state index contributed by atoms with van der Waals surface area (Å²) in [6.45, 7) is 1.12. The van der Waals surface area contributed by atoms with E-state index in [1.165, 1.54) is 26.4 Å². The van der Waals surface area contributed by atoms with Gasteiger partial charge in [-0.25, -0.2) is 9.97 Å². The number of hydrogen-bond acceptors (Lipinski definition) is 8. The van der Waals surface area contributed by atoms with Crippen LogP contribution in [0.2, 0.25) is 0 Å². The van der Waals surface area contributed by atoms with Gasteiger partial charge in [-0.15, -0.1) is 0 Å². The third-order valence-corrected chi connectivity index (χ3v) is 4.67. The number of ether oxygens (including phenoxy) is 3. The number of carbonyl (C=O) groups excluding carboxylic acids is 2. The van der Waals surface area contributed by atoms with E-state index in [9.17, 15) is 9.59 Å². The Morgan fingerprint density at radius 3 is 2.47 bits per heavy atom. The van der Waals surface area contributed by atoms with Crippen molar-refractivity contribution in [2.24, 2.45) is 5.73 Å². The van der Waals surface area contributed by atoms with E-state index in [2.05, 4.69) is 20.2 Å². The van der Waals surface area contributed by atoms with Gasteiger partial charge in [-0.2, -0.15) is 0 Å². The molecule has 1 saturated heterocycles. The number of rotatable bonds is 8. The second-order valence-electron chi connectivity index (χ2n) is 6.77. The Bertz CT molecular complexity index is 867. The summed E-state index contributed by atoms with van der Waals surface area (Å²) in [6.07, 6.45) is 5.16. The lowest BCUT2D eigenvalue weighted by Gasteiger charge is -2.33. The minimum Gasteiger partial charge on any atom is -0.493 e. The summed E-state index contributed by atoms with van der Waals surface area (Å²) < 4.78 is 16.0. The zero-order chi connectivity index (χ0) is 21.5. The van der Waals surface area contributed by atoms with Gasteiger partial charge in [0.25, 0.3) is 11.8 Å². The standard InChI is InChI=1S/C20H25N5O5/c1-28-15-9-13(10-16(29-2)18(15)30-12-17(21)26)19(27)24-14-5-3-8-25(11-14)20-22-6-4-7-23-20/h4,6-7,9-10,14H,3,5,8,11-12H2,1-2H3,(H2,21,26)(H,24,27). The maximum Gasteiger partial charge on any atom is 0.255 e. The summed E-state index contributed by atoms with van der Waals surface area (Å²) in [5.74, 6) is 0.489. The zero-order valence-electron chi connectivity index (χ0n) is 17.0. The lowest BCUT2D eigenvalue weighted by atomic mass is 10.0. The molecule has 10 heteroatoms. The van der Waals surface area contributed by atoms with Gasteiger partial charge >= 0.3 is 0 Å². The number of nitrogens with zero attached hydrogens (tertiary/aromatic N) is 3. The molecule has 0 radical (unpaired) electrons. The van der Waals surface area contributed by atoms with Crippen LogP contribution in [-0.4, -0.2) is 61.7 Å².